The number of benzene rings is 1. The molecule has 0 bridgehead atoms. The number of hydrogen-bond donors (Lipinski definition) is 7. The van der Waals surface area contributed by atoms with Gasteiger partial charge in [-0.1, -0.05) is 41.0 Å². The largest absolute Gasteiger partial charge is 0.480 e. The lowest BCUT2D eigenvalue weighted by molar-refractivity contribution is -0.136. The van der Waals surface area contributed by atoms with Crippen LogP contribution in [0.15, 0.2) is 24.3 Å². The summed E-state index contributed by atoms with van der Waals surface area (Å²) in [7, 11) is 3.13. The molecule has 0 saturated heterocycles. The zero-order valence-electron chi connectivity index (χ0n) is 34.0. The lowest BCUT2D eigenvalue weighted by Crippen LogP contribution is -2.51. The monoisotopic (exact) mass is 741 g/mol. The van der Waals surface area contributed by atoms with E-state index >= 15 is 0 Å². The summed E-state index contributed by atoms with van der Waals surface area (Å²) in [6, 6.07) is 7.62. The molecular formula is C38H72N6O8. The van der Waals surface area contributed by atoms with E-state index in [0.29, 0.717) is 32.8 Å². The molecule has 14 heteroatoms. The molecule has 0 aromatic heterocycles. The number of carbonyl (C=O) groups excluding carboxylic acids is 4. The van der Waals surface area contributed by atoms with Gasteiger partial charge >= 0.3 is 5.97 Å². The Morgan fingerprint density at radius 1 is 0.712 bits per heavy atom. The van der Waals surface area contributed by atoms with Crippen molar-refractivity contribution in [2.75, 3.05) is 78.6 Å². The van der Waals surface area contributed by atoms with Crippen LogP contribution in [-0.2, 0) is 28.7 Å². The number of aliphatic carboxylic acids is 1. The number of anilines is 1. The fourth-order valence-electron chi connectivity index (χ4n) is 3.77. The fourth-order valence-corrected chi connectivity index (χ4v) is 3.77. The third kappa shape index (κ3) is 29.2. The molecule has 7 N–H and O–H groups in total. The maximum atomic E-state index is 12.1. The third-order valence-corrected chi connectivity index (χ3v) is 7.13. The van der Waals surface area contributed by atoms with E-state index in [0.717, 1.165) is 50.0 Å². The lowest BCUT2D eigenvalue weighted by Gasteiger charge is -2.25. The molecule has 0 unspecified atom stereocenters. The van der Waals surface area contributed by atoms with Gasteiger partial charge in [0.05, 0.1) is 44.0 Å². The molecule has 52 heavy (non-hydrogen) atoms. The van der Waals surface area contributed by atoms with Crippen LogP contribution in [0.5, 0.6) is 0 Å². The minimum absolute atomic E-state index is 0.0143. The number of carbonyl (C=O) groups is 5. The molecule has 0 saturated carbocycles. The van der Waals surface area contributed by atoms with Crippen molar-refractivity contribution in [2.45, 2.75) is 105 Å². The molecule has 1 aromatic carbocycles. The van der Waals surface area contributed by atoms with Gasteiger partial charge in [0.15, 0.2) is 11.6 Å². The Kier molecular flexibility index (Phi) is 34.0. The fraction of sp³-hybridized carbons (Fsp3) is 0.711. The maximum Gasteiger partial charge on any atom is 0.317 e. The van der Waals surface area contributed by atoms with E-state index in [4.69, 9.17) is 14.6 Å². The summed E-state index contributed by atoms with van der Waals surface area (Å²) in [5.41, 5.74) is 0.406. The molecule has 0 aliphatic heterocycles. The molecule has 1 rings (SSSR count). The van der Waals surface area contributed by atoms with Crippen LogP contribution in [0.25, 0.3) is 0 Å². The van der Waals surface area contributed by atoms with Gasteiger partial charge in [0.2, 0.25) is 5.91 Å². The van der Waals surface area contributed by atoms with Crippen molar-refractivity contribution in [1.82, 2.24) is 26.6 Å². The second-order valence-corrected chi connectivity index (χ2v) is 12.5. The predicted octanol–water partition coefficient (Wildman–Crippen LogP) is 3.80. The van der Waals surface area contributed by atoms with Crippen molar-refractivity contribution < 1.29 is 38.6 Å². The van der Waals surface area contributed by atoms with E-state index in [1.807, 2.05) is 58.9 Å². The molecule has 2 amide bonds. The number of nitrogens with one attached hydrogen (secondary N) is 6. The number of carboxylic acid groups (broad SMARTS) is 1. The quantitative estimate of drug-likeness (QED) is 0.0718. The zero-order valence-corrected chi connectivity index (χ0v) is 34.0. The highest BCUT2D eigenvalue weighted by atomic mass is 16.5. The molecule has 1 aromatic rings. The molecular weight excluding hydrogens is 668 g/mol. The van der Waals surface area contributed by atoms with Crippen molar-refractivity contribution >= 4 is 35.0 Å². The number of ether oxygens (including phenoxy) is 2. The summed E-state index contributed by atoms with van der Waals surface area (Å²) in [6.07, 6.45) is 4.63. The summed E-state index contributed by atoms with van der Waals surface area (Å²) >= 11 is 0. The highest BCUT2D eigenvalue weighted by molar-refractivity contribution is 5.94. The van der Waals surface area contributed by atoms with E-state index in [1.165, 1.54) is 0 Å². The van der Waals surface area contributed by atoms with Crippen LogP contribution < -0.4 is 31.9 Å². The lowest BCUT2D eigenvalue weighted by atomic mass is 9.96. The first-order valence-electron chi connectivity index (χ1n) is 18.5. The van der Waals surface area contributed by atoms with Crippen molar-refractivity contribution in [3.63, 3.8) is 0 Å². The first-order chi connectivity index (χ1) is 24.6. The summed E-state index contributed by atoms with van der Waals surface area (Å²) in [4.78, 5) is 56.6. The SMILES string of the molecule is CC.CCCC(=O)C(C)(C)NCCOCCOCC(=O)C(C)(C)NCC(=O)NC.CCCCNC(=O)c1ccc(NCCC)cc1.CNCC(=O)O. The maximum absolute atomic E-state index is 12.1. The molecule has 0 spiro atoms. The molecule has 0 fully saturated rings. The third-order valence-electron chi connectivity index (χ3n) is 7.13. The van der Waals surface area contributed by atoms with Crippen LogP contribution in [-0.4, -0.2) is 119 Å². The predicted molar refractivity (Wildman–Crippen MR) is 210 cm³/mol. The van der Waals surface area contributed by atoms with Crippen LogP contribution in [0.4, 0.5) is 5.69 Å². The van der Waals surface area contributed by atoms with Crippen molar-refractivity contribution in [1.29, 1.82) is 0 Å². The second kappa shape index (κ2) is 33.4. The van der Waals surface area contributed by atoms with Gasteiger partial charge in [-0.25, -0.2) is 0 Å². The average Bonchev–Trinajstić information content (AvgIpc) is 3.12. The Bertz CT molecular complexity index is 1100. The second-order valence-electron chi connectivity index (χ2n) is 12.5. The van der Waals surface area contributed by atoms with Gasteiger partial charge in [-0.05, 0) is 78.3 Å². The first-order valence-corrected chi connectivity index (χ1v) is 18.5. The Balaban J connectivity index is -0.000000811. The molecule has 302 valence electrons. The number of Topliss-reactive ketones (excluding diaryl/α,β-unsaturated/α-hetero) is 2. The van der Waals surface area contributed by atoms with E-state index in [2.05, 4.69) is 45.7 Å². The normalized spacial score (nSPS) is 10.6. The van der Waals surface area contributed by atoms with E-state index in [1.54, 1.807) is 27.9 Å². The molecule has 0 aliphatic rings. The topological polar surface area (TPSA) is 196 Å². The zero-order chi connectivity index (χ0) is 40.4. The molecule has 0 radical (unpaired) electrons. The highest BCUT2D eigenvalue weighted by Gasteiger charge is 2.27. The van der Waals surface area contributed by atoms with Gasteiger partial charge in [0.25, 0.3) is 5.91 Å². The summed E-state index contributed by atoms with van der Waals surface area (Å²) in [6.45, 7) is 20.9. The van der Waals surface area contributed by atoms with Crippen molar-refractivity contribution in [3.8, 4) is 0 Å². The van der Waals surface area contributed by atoms with Crippen molar-refractivity contribution in [2.24, 2.45) is 0 Å². The molecule has 0 heterocycles. The number of carboxylic acids is 1. The van der Waals surface area contributed by atoms with Crippen LogP contribution in [0.1, 0.15) is 105 Å². The van der Waals surface area contributed by atoms with Gasteiger partial charge in [-0.15, -0.1) is 0 Å². The van der Waals surface area contributed by atoms with Crippen LogP contribution in [0.2, 0.25) is 0 Å². The standard InChI is InChI=1S/C19H37N3O5.C14H22N2O.C3H7NO2.C2H6/c1-7-8-15(23)18(2,3)21-9-10-26-11-12-27-14-16(24)19(4,5)22-13-17(25)20-6;1-3-5-11-16-14(17)12-6-8-13(9-7-12)15-10-4-2;1-4-2-3(5)6;1-2/h21-22H,7-14H2,1-6H3,(H,20,25);6-9,15H,3-5,10-11H2,1-2H3,(H,16,17);4H,2H2,1H3,(H,5,6);1-2H3. The number of amides is 2. The molecule has 0 atom stereocenters. The number of rotatable bonds is 25. The molecule has 14 nitrogen and oxygen atoms in total. The van der Waals surface area contributed by atoms with Gasteiger partial charge in [0.1, 0.15) is 6.61 Å². The molecule has 0 aliphatic carbocycles. The Labute approximate surface area is 313 Å². The smallest absolute Gasteiger partial charge is 0.317 e. The van der Waals surface area contributed by atoms with E-state index < -0.39 is 17.0 Å². The Morgan fingerprint density at radius 3 is 1.81 bits per heavy atom. The van der Waals surface area contributed by atoms with Crippen LogP contribution in [0, 0.1) is 0 Å². The van der Waals surface area contributed by atoms with Gasteiger partial charge in [-0.2, -0.15) is 0 Å². The summed E-state index contributed by atoms with van der Waals surface area (Å²) in [5.74, 6) is -0.930. The first kappa shape index (κ1) is 52.9. The number of likely N-dealkylation sites (N-methyl/N-ethyl adjacent to an activating group) is 2. The highest BCUT2D eigenvalue weighted by Crippen LogP contribution is 2.10. The number of ketones is 2. The number of hydrogen-bond acceptors (Lipinski definition) is 11. The minimum atomic E-state index is -0.839. The van der Waals surface area contributed by atoms with Gasteiger partial charge in [0, 0.05) is 44.4 Å². The number of unbranched alkanes of at least 4 members (excludes halogenated alkanes) is 1. The summed E-state index contributed by atoms with van der Waals surface area (Å²) < 4.78 is 10.8. The van der Waals surface area contributed by atoms with Gasteiger partial charge in [-0.3, -0.25) is 29.3 Å². The Morgan fingerprint density at radius 2 is 1.31 bits per heavy atom. The van der Waals surface area contributed by atoms with Gasteiger partial charge < -0.3 is 41.2 Å². The van der Waals surface area contributed by atoms with Crippen LogP contribution in [0.3, 0.4) is 0 Å². The average molecular weight is 741 g/mol. The summed E-state index contributed by atoms with van der Waals surface area (Å²) in [5, 5.41) is 25.1. The Hall–Kier alpha value is -3.43. The van der Waals surface area contributed by atoms with Crippen molar-refractivity contribution in [3.05, 3.63) is 29.8 Å². The minimum Gasteiger partial charge on any atom is -0.480 e. The van der Waals surface area contributed by atoms with Crippen LogP contribution >= 0.6 is 0 Å². The van der Waals surface area contributed by atoms with E-state index in [-0.39, 0.29) is 43.1 Å². The van der Waals surface area contributed by atoms with E-state index in [9.17, 15) is 24.0 Å².